The van der Waals surface area contributed by atoms with E-state index >= 15 is 0 Å². The summed E-state index contributed by atoms with van der Waals surface area (Å²) in [6, 6.07) is 9.08. The summed E-state index contributed by atoms with van der Waals surface area (Å²) in [5, 5.41) is 2.74. The second kappa shape index (κ2) is 9.55. The number of rotatable bonds is 7. The van der Waals surface area contributed by atoms with Crippen molar-refractivity contribution in [2.75, 3.05) is 19.5 Å². The van der Waals surface area contributed by atoms with Gasteiger partial charge in [0.25, 0.3) is 10.1 Å². The molecule has 0 radical (unpaired) electrons. The third-order valence-electron chi connectivity index (χ3n) is 6.56. The molecule has 4 N–H and O–H groups in total. The third-order valence-corrected chi connectivity index (χ3v) is 7.42. The Morgan fingerprint density at radius 3 is 2.43 bits per heavy atom. The Morgan fingerprint density at radius 2 is 1.97 bits per heavy atom. The lowest BCUT2D eigenvalue weighted by Gasteiger charge is -2.35. The summed E-state index contributed by atoms with van der Waals surface area (Å²) in [5.41, 5.74) is 5.49. The molecule has 0 spiro atoms. The van der Waals surface area contributed by atoms with Crippen LogP contribution in [-0.4, -0.2) is 50.2 Å². The summed E-state index contributed by atoms with van der Waals surface area (Å²) in [7, 11) is -2.56. The summed E-state index contributed by atoms with van der Waals surface area (Å²) in [6.45, 7) is 4.62. The zero-order valence-corrected chi connectivity index (χ0v) is 18.6. The van der Waals surface area contributed by atoms with E-state index in [1.807, 2.05) is 44.2 Å². The smallest absolute Gasteiger partial charge is 0.265 e. The Kier molecular flexibility index (Phi) is 7.79. The first-order valence-electron chi connectivity index (χ1n) is 9.97. The number of nitrogens with two attached hydrogens (primary N) is 1. The Labute approximate surface area is 178 Å². The van der Waals surface area contributed by atoms with Crippen LogP contribution in [0.1, 0.15) is 38.7 Å². The number of nitrogens with one attached hydrogen (secondary N) is 1. The highest BCUT2D eigenvalue weighted by atomic mass is 32.2. The summed E-state index contributed by atoms with van der Waals surface area (Å²) in [5.74, 6) is -0.295. The highest BCUT2D eigenvalue weighted by Crippen LogP contribution is 2.64. The second-order valence-corrected chi connectivity index (χ2v) is 10.1. The molecule has 0 aliphatic heterocycles. The fourth-order valence-electron chi connectivity index (χ4n) is 4.59. The van der Waals surface area contributed by atoms with Gasteiger partial charge in [-0.3, -0.25) is 14.1 Å². The fourth-order valence-corrected chi connectivity index (χ4v) is 5.89. The van der Waals surface area contributed by atoms with Crippen LogP contribution in [0, 0.1) is 16.7 Å². The molecule has 0 heterocycles. The minimum Gasteiger partial charge on any atom is -0.383 e. The average molecular weight is 441 g/mol. The zero-order valence-electron chi connectivity index (χ0n) is 17.8. The van der Waals surface area contributed by atoms with Crippen LogP contribution in [0.5, 0.6) is 0 Å². The van der Waals surface area contributed by atoms with Gasteiger partial charge in [0.2, 0.25) is 5.91 Å². The van der Waals surface area contributed by atoms with Gasteiger partial charge >= 0.3 is 0 Å². The summed E-state index contributed by atoms with van der Waals surface area (Å²) in [4.78, 5) is 23.3. The van der Waals surface area contributed by atoms with Crippen LogP contribution in [0.3, 0.4) is 0 Å². The van der Waals surface area contributed by atoms with Crippen LogP contribution < -0.4 is 11.1 Å². The molecular formula is C21H32N2O6S. The number of methoxy groups -OCH3 is 1. The van der Waals surface area contributed by atoms with E-state index in [1.165, 1.54) is 7.11 Å². The van der Waals surface area contributed by atoms with E-state index < -0.39 is 27.3 Å². The first kappa shape index (κ1) is 24.5. The number of fused-ring (bicyclic) bond motifs is 2. The quantitative estimate of drug-likeness (QED) is 0.547. The lowest BCUT2D eigenvalue weighted by atomic mass is 9.70. The minimum absolute atomic E-state index is 0.0152. The number of amides is 1. The van der Waals surface area contributed by atoms with Gasteiger partial charge in [-0.25, -0.2) is 0 Å². The van der Waals surface area contributed by atoms with Crippen LogP contribution in [-0.2, 0) is 31.0 Å². The molecule has 30 heavy (non-hydrogen) atoms. The molecule has 1 aromatic rings. The molecule has 1 unspecified atom stereocenters. The van der Waals surface area contributed by atoms with Gasteiger partial charge in [-0.1, -0.05) is 44.2 Å². The number of benzene rings is 1. The molecule has 0 aromatic heterocycles. The number of hydrogen-bond acceptors (Lipinski definition) is 6. The number of hydrogen-bond donors (Lipinski definition) is 3. The first-order valence-corrected chi connectivity index (χ1v) is 11.6. The van der Waals surface area contributed by atoms with Gasteiger partial charge in [0.05, 0.1) is 17.8 Å². The largest absolute Gasteiger partial charge is 0.383 e. The van der Waals surface area contributed by atoms with Gasteiger partial charge in [-0.2, -0.15) is 8.42 Å². The Morgan fingerprint density at radius 1 is 1.33 bits per heavy atom. The van der Waals surface area contributed by atoms with Crippen LogP contribution in [0.2, 0.25) is 0 Å². The van der Waals surface area contributed by atoms with Gasteiger partial charge in [0.1, 0.15) is 11.8 Å². The number of carbonyl (C=O) groups is 2. The monoisotopic (exact) mass is 440 g/mol. The lowest BCUT2D eigenvalue weighted by molar-refractivity contribution is -0.128. The van der Waals surface area contributed by atoms with Gasteiger partial charge in [-0.05, 0) is 29.7 Å². The van der Waals surface area contributed by atoms with E-state index in [-0.39, 0.29) is 29.6 Å². The summed E-state index contributed by atoms with van der Waals surface area (Å²) >= 11 is 0. The molecule has 1 aromatic carbocycles. The van der Waals surface area contributed by atoms with E-state index in [4.69, 9.17) is 15.0 Å². The molecule has 2 aliphatic rings. The second-order valence-electron chi connectivity index (χ2n) is 8.66. The molecular weight excluding hydrogens is 408 g/mol. The van der Waals surface area contributed by atoms with E-state index in [0.717, 1.165) is 12.0 Å². The summed E-state index contributed by atoms with van der Waals surface area (Å²) in [6.07, 6.45) is 1.97. The minimum atomic E-state index is -4.08. The number of carbonyl (C=O) groups excluding carboxylic acids is 2. The molecule has 168 valence electrons. The zero-order chi connectivity index (χ0) is 22.6. The standard InChI is InChI=1S/C11H16N2O2.C10H16O4S/c1-15-8-10(12)11(14)13-7-9-5-3-2-4-6-9;1-9(2)7-3-4-10(9,8(11)5-7)6-15(12,13)14/h2-6,10H,7-8,12H2,1H3,(H,13,14);7H,3-6H2,1-2H3,(H,12,13,14)/t;7-,10+/m.1/s1. The molecule has 2 saturated carbocycles. The number of ether oxygens (including phenoxy) is 1. The van der Waals surface area contributed by atoms with Crippen LogP contribution in [0.4, 0.5) is 0 Å². The lowest BCUT2D eigenvalue weighted by Crippen LogP contribution is -2.43. The highest BCUT2D eigenvalue weighted by molar-refractivity contribution is 7.85. The first-order chi connectivity index (χ1) is 13.9. The van der Waals surface area contributed by atoms with Crippen LogP contribution >= 0.6 is 0 Å². The van der Waals surface area contributed by atoms with Crippen molar-refractivity contribution < 1.29 is 27.3 Å². The predicted octanol–water partition coefficient (Wildman–Crippen LogP) is 1.55. The SMILES string of the molecule is CC1(C)[C@@H]2CC[C@]1(CS(=O)(=O)O)C(=O)C2.COCC(N)C(=O)NCc1ccccc1. The van der Waals surface area contributed by atoms with Gasteiger partial charge < -0.3 is 15.8 Å². The fraction of sp³-hybridized carbons (Fsp3) is 0.619. The van der Waals surface area contributed by atoms with Crippen molar-refractivity contribution in [3.05, 3.63) is 35.9 Å². The molecule has 3 atom stereocenters. The predicted molar refractivity (Wildman–Crippen MR) is 113 cm³/mol. The molecule has 1 amide bonds. The maximum Gasteiger partial charge on any atom is 0.265 e. The van der Waals surface area contributed by atoms with E-state index in [2.05, 4.69) is 5.32 Å². The molecule has 3 rings (SSSR count). The van der Waals surface area contributed by atoms with Gasteiger partial charge in [-0.15, -0.1) is 0 Å². The molecule has 2 bridgehead atoms. The van der Waals surface area contributed by atoms with E-state index in [1.54, 1.807) is 0 Å². The molecule has 2 aliphatic carbocycles. The average Bonchev–Trinajstić information content (AvgIpc) is 3.00. The van der Waals surface area contributed by atoms with Crippen LogP contribution in [0.15, 0.2) is 30.3 Å². The van der Waals surface area contributed by atoms with Crippen molar-refractivity contribution in [3.63, 3.8) is 0 Å². The number of Topliss-reactive ketones (excluding diaryl/α,β-unsaturated/α-hetero) is 1. The van der Waals surface area contributed by atoms with Gasteiger partial charge in [0, 0.05) is 20.1 Å². The summed E-state index contributed by atoms with van der Waals surface area (Å²) < 4.78 is 35.8. The van der Waals surface area contributed by atoms with Crippen LogP contribution in [0.25, 0.3) is 0 Å². The Bertz CT molecular complexity index is 856. The highest BCUT2D eigenvalue weighted by Gasteiger charge is 2.65. The van der Waals surface area contributed by atoms with Crippen molar-refractivity contribution >= 4 is 21.8 Å². The van der Waals surface area contributed by atoms with Crippen molar-refractivity contribution in [1.82, 2.24) is 5.32 Å². The normalized spacial score (nSPS) is 25.4. The Balaban J connectivity index is 0.000000214. The maximum absolute atomic E-state index is 11.9. The molecule has 2 fully saturated rings. The molecule has 0 saturated heterocycles. The van der Waals surface area contributed by atoms with Crippen molar-refractivity contribution in [2.24, 2.45) is 22.5 Å². The molecule has 9 heteroatoms. The van der Waals surface area contributed by atoms with Crippen molar-refractivity contribution in [1.29, 1.82) is 0 Å². The van der Waals surface area contributed by atoms with Gasteiger partial charge in [0.15, 0.2) is 0 Å². The third kappa shape index (κ3) is 5.46. The Hall–Kier alpha value is -1.81. The van der Waals surface area contributed by atoms with Crippen molar-refractivity contribution in [3.8, 4) is 0 Å². The molecule has 8 nitrogen and oxygen atoms in total. The van der Waals surface area contributed by atoms with E-state index in [9.17, 15) is 18.0 Å². The van der Waals surface area contributed by atoms with Crippen molar-refractivity contribution in [2.45, 2.75) is 45.7 Å². The topological polar surface area (TPSA) is 136 Å². The van der Waals surface area contributed by atoms with E-state index in [0.29, 0.717) is 19.4 Å². The number of ketones is 1. The maximum atomic E-state index is 11.9.